The molecule has 3 aromatic rings. The third-order valence-corrected chi connectivity index (χ3v) is 5.79. The molecule has 3 aromatic carbocycles. The Labute approximate surface area is 270 Å². The van der Waals surface area contributed by atoms with Crippen molar-refractivity contribution in [3.8, 4) is 5.75 Å². The van der Waals surface area contributed by atoms with E-state index in [4.69, 9.17) is 18.9 Å². The second-order valence-electron chi connectivity index (χ2n) is 9.25. The van der Waals surface area contributed by atoms with Crippen molar-refractivity contribution in [2.45, 2.75) is 0 Å². The predicted molar refractivity (Wildman–Crippen MR) is 171 cm³/mol. The van der Waals surface area contributed by atoms with Gasteiger partial charge < -0.3 is 38.1 Å². The molecule has 0 aromatic heterocycles. The van der Waals surface area contributed by atoms with E-state index in [-0.39, 0.29) is 30.9 Å². The Balaban J connectivity index is 0.000000360. The maximum Gasteiger partial charge on any atom is 0.343 e. The van der Waals surface area contributed by atoms with Gasteiger partial charge in [0.1, 0.15) is 12.4 Å². The van der Waals surface area contributed by atoms with Crippen molar-refractivity contribution in [3.63, 3.8) is 0 Å². The molecular formula is C34H43NO11. The van der Waals surface area contributed by atoms with Crippen molar-refractivity contribution in [2.75, 3.05) is 87.1 Å². The molecule has 3 rings (SSSR count). The van der Waals surface area contributed by atoms with Gasteiger partial charge in [0.15, 0.2) is 12.4 Å². The van der Waals surface area contributed by atoms with Crippen molar-refractivity contribution in [1.29, 1.82) is 0 Å². The molecule has 0 amide bonds. The third-order valence-electron chi connectivity index (χ3n) is 5.79. The number of hydrogen-bond donors (Lipinski definition) is 0. The van der Waals surface area contributed by atoms with Crippen LogP contribution in [-0.4, -0.2) is 106 Å². The van der Waals surface area contributed by atoms with Crippen LogP contribution in [0.4, 0.5) is 5.69 Å². The summed E-state index contributed by atoms with van der Waals surface area (Å²) < 4.78 is 33.4. The van der Waals surface area contributed by atoms with Gasteiger partial charge in [0.25, 0.3) is 0 Å². The number of carbonyl (C=O) groups is 4. The summed E-state index contributed by atoms with van der Waals surface area (Å²) in [6, 6.07) is 22.9. The molecule has 12 heteroatoms. The van der Waals surface area contributed by atoms with Crippen molar-refractivity contribution < 1.29 is 52.3 Å². The molecule has 0 saturated heterocycles. The van der Waals surface area contributed by atoms with Gasteiger partial charge in [-0.1, -0.05) is 30.3 Å². The van der Waals surface area contributed by atoms with E-state index in [1.165, 1.54) is 21.3 Å². The summed E-state index contributed by atoms with van der Waals surface area (Å²) in [7, 11) is 9.51. The van der Waals surface area contributed by atoms with Crippen LogP contribution in [0.5, 0.6) is 5.75 Å². The highest BCUT2D eigenvalue weighted by atomic mass is 16.6. The van der Waals surface area contributed by atoms with Crippen LogP contribution in [0.25, 0.3) is 0 Å². The molecule has 12 nitrogen and oxygen atoms in total. The fourth-order valence-electron chi connectivity index (χ4n) is 3.25. The standard InChI is InChI=1S/C16H14O4.C10H13NO2.C8H16O5/c1-19-15(17)11-20-14-9-7-13(8-10-14)16(18)12-5-3-2-4-6-12;1-11(2)9-6-4-8(5-7-9)10(12)13-3;1-10-3-4-12-5-6-13-7-8(9)11-2/h2-10H,11H2,1H3;4-7H,1-3H3;3-7H2,1-2H3. The summed E-state index contributed by atoms with van der Waals surface area (Å²) in [6.07, 6.45) is 0. The van der Waals surface area contributed by atoms with Crippen molar-refractivity contribution in [3.05, 3.63) is 95.6 Å². The number of rotatable bonds is 15. The Morgan fingerprint density at radius 2 is 1.09 bits per heavy atom. The van der Waals surface area contributed by atoms with Gasteiger partial charge in [0.2, 0.25) is 0 Å². The molecule has 0 atom stereocenters. The van der Waals surface area contributed by atoms with E-state index >= 15 is 0 Å². The summed E-state index contributed by atoms with van der Waals surface area (Å²) in [6.45, 7) is 1.78. The fourth-order valence-corrected chi connectivity index (χ4v) is 3.25. The van der Waals surface area contributed by atoms with Crippen LogP contribution in [0.1, 0.15) is 26.3 Å². The molecule has 0 aliphatic carbocycles. The minimum atomic E-state index is -0.450. The van der Waals surface area contributed by atoms with Crippen LogP contribution >= 0.6 is 0 Å². The minimum Gasteiger partial charge on any atom is -0.482 e. The number of ether oxygens (including phenoxy) is 7. The molecule has 0 N–H and O–H groups in total. The topological polar surface area (TPSA) is 136 Å². The zero-order valence-corrected chi connectivity index (χ0v) is 27.2. The van der Waals surface area contributed by atoms with Gasteiger partial charge in [-0.25, -0.2) is 14.4 Å². The summed E-state index contributed by atoms with van der Waals surface area (Å²) in [5.41, 5.74) is 2.85. The smallest absolute Gasteiger partial charge is 0.343 e. The number of carbonyl (C=O) groups excluding carboxylic acids is 4. The lowest BCUT2D eigenvalue weighted by Crippen LogP contribution is -2.14. The van der Waals surface area contributed by atoms with Crippen LogP contribution in [-0.2, 0) is 38.0 Å². The molecule has 0 fully saturated rings. The van der Waals surface area contributed by atoms with E-state index in [1.54, 1.807) is 55.6 Å². The van der Waals surface area contributed by atoms with Gasteiger partial charge >= 0.3 is 17.9 Å². The molecule has 0 aliphatic rings. The highest BCUT2D eigenvalue weighted by Gasteiger charge is 2.09. The Kier molecular flexibility index (Phi) is 20.1. The van der Waals surface area contributed by atoms with Crippen molar-refractivity contribution in [2.24, 2.45) is 0 Å². The van der Waals surface area contributed by atoms with E-state index in [0.717, 1.165) is 5.69 Å². The number of benzene rings is 3. The Morgan fingerprint density at radius 1 is 0.565 bits per heavy atom. The van der Waals surface area contributed by atoms with Gasteiger partial charge in [-0.05, 0) is 48.5 Å². The molecule has 250 valence electrons. The lowest BCUT2D eigenvalue weighted by molar-refractivity contribution is -0.146. The third kappa shape index (κ3) is 16.3. The van der Waals surface area contributed by atoms with Crippen LogP contribution in [0.2, 0.25) is 0 Å². The maximum atomic E-state index is 12.2. The molecule has 0 bridgehead atoms. The van der Waals surface area contributed by atoms with E-state index < -0.39 is 5.97 Å². The Hall–Kier alpha value is -4.78. The van der Waals surface area contributed by atoms with E-state index in [0.29, 0.717) is 48.9 Å². The van der Waals surface area contributed by atoms with Gasteiger partial charge in [-0.15, -0.1) is 0 Å². The summed E-state index contributed by atoms with van der Waals surface area (Å²) in [4.78, 5) is 46.7. The first kappa shape index (κ1) is 39.2. The molecule has 0 heterocycles. The average Bonchev–Trinajstić information content (AvgIpc) is 3.10. The number of methoxy groups -OCH3 is 4. The second-order valence-corrected chi connectivity index (χ2v) is 9.25. The summed E-state index contributed by atoms with van der Waals surface area (Å²) in [5.74, 6) is -0.665. The van der Waals surface area contributed by atoms with Crippen molar-refractivity contribution >= 4 is 29.4 Å². The molecule has 0 saturated carbocycles. The number of hydrogen-bond acceptors (Lipinski definition) is 12. The molecule has 0 spiro atoms. The SMILES string of the molecule is COC(=O)COc1ccc(C(=O)c2ccccc2)cc1.COC(=O)c1ccc(N(C)C)cc1.COCCOCCOCC(=O)OC. The molecular weight excluding hydrogens is 598 g/mol. The first-order chi connectivity index (χ1) is 22.2. The number of ketones is 1. The minimum absolute atomic E-state index is 0.0237. The van der Waals surface area contributed by atoms with E-state index in [2.05, 4.69) is 14.2 Å². The first-order valence-corrected chi connectivity index (χ1v) is 14.1. The normalized spacial score (nSPS) is 9.78. The van der Waals surface area contributed by atoms with Crippen LogP contribution in [0.3, 0.4) is 0 Å². The molecule has 46 heavy (non-hydrogen) atoms. The molecule has 0 unspecified atom stereocenters. The van der Waals surface area contributed by atoms with E-state index in [9.17, 15) is 19.2 Å². The number of nitrogens with zero attached hydrogens (tertiary/aromatic N) is 1. The molecule has 0 aliphatic heterocycles. The monoisotopic (exact) mass is 641 g/mol. The van der Waals surface area contributed by atoms with Crippen LogP contribution in [0.15, 0.2) is 78.9 Å². The van der Waals surface area contributed by atoms with Crippen molar-refractivity contribution in [1.82, 2.24) is 0 Å². The highest BCUT2D eigenvalue weighted by Crippen LogP contribution is 2.16. The maximum absolute atomic E-state index is 12.2. The summed E-state index contributed by atoms with van der Waals surface area (Å²) in [5, 5.41) is 0. The largest absolute Gasteiger partial charge is 0.482 e. The zero-order valence-electron chi connectivity index (χ0n) is 27.2. The van der Waals surface area contributed by atoms with Crippen LogP contribution in [0, 0.1) is 0 Å². The quantitative estimate of drug-likeness (QED) is 0.103. The Morgan fingerprint density at radius 3 is 1.63 bits per heavy atom. The van der Waals surface area contributed by atoms with E-state index in [1.807, 2.05) is 49.3 Å². The first-order valence-electron chi connectivity index (χ1n) is 14.1. The van der Waals surface area contributed by atoms with Gasteiger partial charge in [0, 0.05) is 38.0 Å². The lowest BCUT2D eigenvalue weighted by Gasteiger charge is -2.11. The summed E-state index contributed by atoms with van der Waals surface area (Å²) >= 11 is 0. The number of esters is 3. The fraction of sp³-hybridized carbons (Fsp3) is 0.353. The predicted octanol–water partition coefficient (Wildman–Crippen LogP) is 3.85. The van der Waals surface area contributed by atoms with Crippen LogP contribution < -0.4 is 9.64 Å². The van der Waals surface area contributed by atoms with Gasteiger partial charge in [-0.2, -0.15) is 0 Å². The lowest BCUT2D eigenvalue weighted by atomic mass is 10.0. The van der Waals surface area contributed by atoms with Gasteiger partial charge in [0.05, 0.1) is 53.3 Å². The molecule has 0 radical (unpaired) electrons. The van der Waals surface area contributed by atoms with Gasteiger partial charge in [-0.3, -0.25) is 4.79 Å². The highest BCUT2D eigenvalue weighted by molar-refractivity contribution is 6.09. The second kappa shape index (κ2) is 23.6. The average molecular weight is 642 g/mol. The Bertz CT molecular complexity index is 1290. The zero-order chi connectivity index (χ0) is 34.2. The number of anilines is 1.